The Hall–Kier alpha value is -1.29. The van der Waals surface area contributed by atoms with Crippen molar-refractivity contribution in [2.24, 2.45) is 0 Å². The van der Waals surface area contributed by atoms with E-state index < -0.39 is 0 Å². The maximum atomic E-state index is 6.38. The molecule has 3 rings (SSSR count). The number of nitrogens with zero attached hydrogens (tertiary/aromatic N) is 1. The zero-order chi connectivity index (χ0) is 14.4. The first-order valence-electron chi connectivity index (χ1n) is 6.15. The first-order chi connectivity index (χ1) is 9.49. The minimum atomic E-state index is 0.608. The highest BCUT2D eigenvalue weighted by molar-refractivity contribution is 7.71. The summed E-state index contributed by atoms with van der Waals surface area (Å²) in [5.41, 5.74) is 4.89. The number of rotatable bonds is 1. The standard InChI is InChI=1S/C15H12Cl2N2S/c1-8-4-3-5-12-14(8)19(15(20)18-12)13-7-10(16)9(2)6-11(13)17/h3-7H,1-2H3,(H,18,20). The van der Waals surface area contributed by atoms with Gasteiger partial charge in [0, 0.05) is 5.02 Å². The van der Waals surface area contributed by atoms with Crippen LogP contribution in [-0.4, -0.2) is 9.55 Å². The topological polar surface area (TPSA) is 20.7 Å². The summed E-state index contributed by atoms with van der Waals surface area (Å²) in [7, 11) is 0. The maximum absolute atomic E-state index is 6.38. The number of halogens is 2. The number of fused-ring (bicyclic) bond motifs is 1. The van der Waals surface area contributed by atoms with E-state index in [0.29, 0.717) is 14.8 Å². The highest BCUT2D eigenvalue weighted by Gasteiger charge is 2.13. The van der Waals surface area contributed by atoms with Crippen LogP contribution < -0.4 is 0 Å². The molecule has 2 nitrogen and oxygen atoms in total. The molecule has 102 valence electrons. The fourth-order valence-corrected chi connectivity index (χ4v) is 3.13. The number of imidazole rings is 1. The van der Waals surface area contributed by atoms with Gasteiger partial charge in [-0.2, -0.15) is 0 Å². The Morgan fingerprint density at radius 2 is 1.80 bits per heavy atom. The lowest BCUT2D eigenvalue weighted by Gasteiger charge is -2.10. The van der Waals surface area contributed by atoms with Gasteiger partial charge in [-0.3, -0.25) is 4.57 Å². The number of nitrogens with one attached hydrogen (secondary N) is 1. The lowest BCUT2D eigenvalue weighted by molar-refractivity contribution is 1.06. The van der Waals surface area contributed by atoms with Gasteiger partial charge in [0.15, 0.2) is 4.77 Å². The summed E-state index contributed by atoms with van der Waals surface area (Å²) in [4.78, 5) is 3.20. The van der Waals surface area contributed by atoms with Crippen LogP contribution >= 0.6 is 35.4 Å². The van der Waals surface area contributed by atoms with Gasteiger partial charge in [0.2, 0.25) is 0 Å². The van der Waals surface area contributed by atoms with Crippen LogP contribution in [0.25, 0.3) is 16.7 Å². The quantitative estimate of drug-likeness (QED) is 0.577. The van der Waals surface area contributed by atoms with Gasteiger partial charge >= 0.3 is 0 Å². The third kappa shape index (κ3) is 2.06. The van der Waals surface area contributed by atoms with E-state index in [1.807, 2.05) is 48.7 Å². The van der Waals surface area contributed by atoms with Crippen LogP contribution in [0, 0.1) is 18.6 Å². The second-order valence-corrected chi connectivity index (χ2v) is 5.99. The molecule has 0 amide bonds. The van der Waals surface area contributed by atoms with Crippen molar-refractivity contribution >= 4 is 46.5 Å². The molecule has 20 heavy (non-hydrogen) atoms. The average Bonchev–Trinajstić information content (AvgIpc) is 2.71. The predicted octanol–water partition coefficient (Wildman–Crippen LogP) is 5.61. The third-order valence-electron chi connectivity index (χ3n) is 3.38. The molecule has 1 N–H and O–H groups in total. The van der Waals surface area contributed by atoms with Crippen LogP contribution in [0.15, 0.2) is 30.3 Å². The zero-order valence-corrected chi connectivity index (χ0v) is 13.3. The lowest BCUT2D eigenvalue weighted by Crippen LogP contribution is -1.97. The molecule has 0 saturated heterocycles. The van der Waals surface area contributed by atoms with Crippen molar-refractivity contribution in [1.29, 1.82) is 0 Å². The smallest absolute Gasteiger partial charge is 0.182 e. The number of hydrogen-bond acceptors (Lipinski definition) is 1. The minimum Gasteiger partial charge on any atom is -0.330 e. The number of aromatic amines is 1. The summed E-state index contributed by atoms with van der Waals surface area (Å²) in [6, 6.07) is 9.76. The van der Waals surface area contributed by atoms with E-state index in [1.54, 1.807) is 0 Å². The molecule has 0 bridgehead atoms. The van der Waals surface area contributed by atoms with Crippen LogP contribution in [-0.2, 0) is 0 Å². The molecular weight excluding hydrogens is 311 g/mol. The Morgan fingerprint density at radius 1 is 1.05 bits per heavy atom. The molecule has 3 aromatic rings. The minimum absolute atomic E-state index is 0.608. The largest absolute Gasteiger partial charge is 0.330 e. The number of hydrogen-bond donors (Lipinski definition) is 1. The van der Waals surface area contributed by atoms with Crippen molar-refractivity contribution in [2.75, 3.05) is 0 Å². The summed E-state index contributed by atoms with van der Waals surface area (Å²) >= 11 is 18.0. The molecule has 1 heterocycles. The number of benzene rings is 2. The third-order valence-corrected chi connectivity index (χ3v) is 4.37. The molecule has 0 atom stereocenters. The first kappa shape index (κ1) is 13.7. The van der Waals surface area contributed by atoms with Crippen molar-refractivity contribution in [1.82, 2.24) is 9.55 Å². The SMILES string of the molecule is Cc1cc(Cl)c(-n2c(=S)[nH]c3cccc(C)c32)cc1Cl. The fourth-order valence-electron chi connectivity index (χ4n) is 2.37. The Kier molecular flexibility index (Phi) is 3.36. The second kappa shape index (κ2) is 4.92. The summed E-state index contributed by atoms with van der Waals surface area (Å²) in [5.74, 6) is 0. The molecule has 0 unspecified atom stereocenters. The maximum Gasteiger partial charge on any atom is 0.182 e. The summed E-state index contributed by atoms with van der Waals surface area (Å²) in [5, 5.41) is 1.31. The van der Waals surface area contributed by atoms with Gasteiger partial charge in [0.05, 0.1) is 21.7 Å². The monoisotopic (exact) mass is 322 g/mol. The Labute approximate surface area is 132 Å². The molecule has 1 aromatic heterocycles. The van der Waals surface area contributed by atoms with Crippen molar-refractivity contribution in [3.63, 3.8) is 0 Å². The molecule has 0 radical (unpaired) electrons. The Bertz CT molecular complexity index is 877. The predicted molar refractivity (Wildman–Crippen MR) is 88.0 cm³/mol. The van der Waals surface area contributed by atoms with Crippen LogP contribution in [0.2, 0.25) is 10.0 Å². The molecule has 0 spiro atoms. The van der Waals surface area contributed by atoms with E-state index in [2.05, 4.69) is 4.98 Å². The van der Waals surface area contributed by atoms with E-state index in [1.165, 1.54) is 0 Å². The zero-order valence-electron chi connectivity index (χ0n) is 11.0. The van der Waals surface area contributed by atoms with Gasteiger partial charge in [-0.25, -0.2) is 0 Å². The highest BCUT2D eigenvalue weighted by Crippen LogP contribution is 2.31. The first-order valence-corrected chi connectivity index (χ1v) is 7.32. The Balaban J connectivity index is 2.44. The molecule has 5 heteroatoms. The molecule has 0 aliphatic heterocycles. The van der Waals surface area contributed by atoms with Crippen LogP contribution in [0.1, 0.15) is 11.1 Å². The van der Waals surface area contributed by atoms with Gasteiger partial charge in [-0.05, 0) is 55.4 Å². The Morgan fingerprint density at radius 3 is 2.55 bits per heavy atom. The lowest BCUT2D eigenvalue weighted by atomic mass is 10.2. The van der Waals surface area contributed by atoms with E-state index in [0.717, 1.165) is 27.8 Å². The molecule has 2 aromatic carbocycles. The molecule has 0 aliphatic rings. The van der Waals surface area contributed by atoms with E-state index in [9.17, 15) is 0 Å². The molecule has 0 aliphatic carbocycles. The van der Waals surface area contributed by atoms with Gasteiger partial charge in [0.1, 0.15) is 0 Å². The van der Waals surface area contributed by atoms with E-state index in [-0.39, 0.29) is 0 Å². The van der Waals surface area contributed by atoms with Gasteiger partial charge in [-0.1, -0.05) is 35.3 Å². The van der Waals surface area contributed by atoms with Crippen molar-refractivity contribution in [3.8, 4) is 5.69 Å². The van der Waals surface area contributed by atoms with Crippen LogP contribution in [0.5, 0.6) is 0 Å². The summed E-state index contributed by atoms with van der Waals surface area (Å²) in [6.45, 7) is 3.98. The number of H-pyrrole nitrogens is 1. The van der Waals surface area contributed by atoms with E-state index >= 15 is 0 Å². The normalized spacial score (nSPS) is 11.2. The second-order valence-electron chi connectivity index (χ2n) is 4.79. The highest BCUT2D eigenvalue weighted by atomic mass is 35.5. The summed E-state index contributed by atoms with van der Waals surface area (Å²) < 4.78 is 2.55. The van der Waals surface area contributed by atoms with Gasteiger partial charge in [0.25, 0.3) is 0 Å². The van der Waals surface area contributed by atoms with Crippen LogP contribution in [0.4, 0.5) is 0 Å². The van der Waals surface area contributed by atoms with Crippen molar-refractivity contribution in [3.05, 3.63) is 56.3 Å². The molecule has 0 saturated carbocycles. The van der Waals surface area contributed by atoms with Gasteiger partial charge in [-0.15, -0.1) is 0 Å². The van der Waals surface area contributed by atoms with E-state index in [4.69, 9.17) is 35.4 Å². The molecule has 0 fully saturated rings. The van der Waals surface area contributed by atoms with Crippen molar-refractivity contribution in [2.45, 2.75) is 13.8 Å². The summed E-state index contributed by atoms with van der Waals surface area (Å²) in [6.07, 6.45) is 0. The number of para-hydroxylation sites is 1. The number of aryl methyl sites for hydroxylation is 2. The van der Waals surface area contributed by atoms with Gasteiger partial charge < -0.3 is 4.98 Å². The molecular formula is C15H12Cl2N2S. The van der Waals surface area contributed by atoms with Crippen LogP contribution in [0.3, 0.4) is 0 Å². The van der Waals surface area contributed by atoms with Crippen molar-refractivity contribution < 1.29 is 0 Å². The fraction of sp³-hybridized carbons (Fsp3) is 0.133. The average molecular weight is 323 g/mol. The number of aromatic nitrogens is 2.